The van der Waals surface area contributed by atoms with Crippen molar-refractivity contribution in [1.82, 2.24) is 0 Å². The van der Waals surface area contributed by atoms with Gasteiger partial charge in [0, 0.05) is 0 Å². The first-order valence-electron chi connectivity index (χ1n) is 3.46. The van der Waals surface area contributed by atoms with Crippen molar-refractivity contribution in [3.63, 3.8) is 0 Å². The van der Waals surface area contributed by atoms with Crippen LogP contribution in [0.4, 0.5) is 0 Å². The molecular formula is C7H9O5P. The van der Waals surface area contributed by atoms with Gasteiger partial charge in [0.25, 0.3) is 0 Å². The van der Waals surface area contributed by atoms with Gasteiger partial charge in [-0.2, -0.15) is 0 Å². The van der Waals surface area contributed by atoms with Gasteiger partial charge in [-0.3, -0.25) is 0 Å². The second-order valence-electron chi connectivity index (χ2n) is 2.50. The van der Waals surface area contributed by atoms with Crippen LogP contribution in [0.2, 0.25) is 0 Å². The van der Waals surface area contributed by atoms with E-state index in [2.05, 4.69) is 9.35 Å². The second kappa shape index (κ2) is 4.00. The quantitative estimate of drug-likeness (QED) is 0.446. The fourth-order valence-electron chi connectivity index (χ4n) is 0.837. The van der Waals surface area contributed by atoms with Gasteiger partial charge in [-0.1, -0.05) is 17.7 Å². The predicted molar refractivity (Wildman–Crippen MR) is 45.8 cm³/mol. The van der Waals surface area contributed by atoms with Crippen LogP contribution >= 0.6 is 7.60 Å². The van der Waals surface area contributed by atoms with Crippen LogP contribution in [0.25, 0.3) is 0 Å². The molecule has 1 aromatic carbocycles. The first-order chi connectivity index (χ1) is 6.12. The van der Waals surface area contributed by atoms with Crippen LogP contribution in [0.1, 0.15) is 5.56 Å². The van der Waals surface area contributed by atoms with Gasteiger partial charge < -0.3 is 0 Å². The molecule has 72 valence electrons. The summed E-state index contributed by atoms with van der Waals surface area (Å²) in [5, 5.41) is 16.6. The van der Waals surface area contributed by atoms with E-state index in [0.29, 0.717) is 0 Å². The predicted octanol–water partition coefficient (Wildman–Crippen LogP) is 1.79. The monoisotopic (exact) mass is 204 g/mol. The molecule has 0 aromatic heterocycles. The van der Waals surface area contributed by atoms with Gasteiger partial charge in [-0.25, -0.2) is 15.1 Å². The van der Waals surface area contributed by atoms with E-state index in [1.54, 1.807) is 12.1 Å². The summed E-state index contributed by atoms with van der Waals surface area (Å²) in [7, 11) is -3.94. The van der Waals surface area contributed by atoms with Crippen molar-refractivity contribution >= 4 is 12.9 Å². The zero-order valence-electron chi connectivity index (χ0n) is 6.88. The van der Waals surface area contributed by atoms with E-state index in [1.165, 1.54) is 12.1 Å². The average Bonchev–Trinajstić information content (AvgIpc) is 2.18. The molecule has 0 unspecified atom stereocenters. The van der Waals surface area contributed by atoms with Crippen LogP contribution in [0.3, 0.4) is 0 Å². The maximum absolute atomic E-state index is 11.3. The maximum Gasteiger partial charge on any atom is 0.414 e. The molecular weight excluding hydrogens is 195 g/mol. The Labute approximate surface area is 74.9 Å². The van der Waals surface area contributed by atoms with Gasteiger partial charge in [0.1, 0.15) is 0 Å². The molecule has 0 aliphatic carbocycles. The summed E-state index contributed by atoms with van der Waals surface area (Å²) in [5.41, 5.74) is 0.950. The summed E-state index contributed by atoms with van der Waals surface area (Å²) >= 11 is 0. The van der Waals surface area contributed by atoms with Crippen molar-refractivity contribution < 1.29 is 24.4 Å². The third-order valence-electron chi connectivity index (χ3n) is 1.57. The standard InChI is InChI=1S/C7H9O5P/c1-6-2-4-7(5-3-6)13(10,11-8)12-9/h2-5,8-9H,1H3. The van der Waals surface area contributed by atoms with Crippen LogP contribution < -0.4 is 5.30 Å². The number of rotatable bonds is 3. The highest BCUT2D eigenvalue weighted by atomic mass is 31.2. The molecule has 0 aliphatic heterocycles. The molecule has 1 aromatic rings. The van der Waals surface area contributed by atoms with Gasteiger partial charge in [-0.05, 0) is 19.1 Å². The summed E-state index contributed by atoms with van der Waals surface area (Å²) < 4.78 is 18.5. The molecule has 0 amide bonds. The van der Waals surface area contributed by atoms with Crippen LogP contribution in [0, 0.1) is 6.92 Å². The van der Waals surface area contributed by atoms with E-state index in [0.717, 1.165) is 5.56 Å². The normalized spacial score (nSPS) is 11.6. The molecule has 0 bridgehead atoms. The Hall–Kier alpha value is -0.710. The molecule has 0 atom stereocenters. The molecule has 0 radical (unpaired) electrons. The first kappa shape index (κ1) is 10.4. The summed E-state index contributed by atoms with van der Waals surface area (Å²) in [6.07, 6.45) is 0. The van der Waals surface area contributed by atoms with Gasteiger partial charge in [-0.15, -0.1) is 9.35 Å². The van der Waals surface area contributed by atoms with Crippen molar-refractivity contribution in [2.24, 2.45) is 0 Å². The SMILES string of the molecule is Cc1ccc(P(=O)(OO)OO)cc1. The summed E-state index contributed by atoms with van der Waals surface area (Å²) in [5.74, 6) is 0. The van der Waals surface area contributed by atoms with E-state index in [1.807, 2.05) is 6.92 Å². The van der Waals surface area contributed by atoms with Crippen molar-refractivity contribution in [3.8, 4) is 0 Å². The minimum Gasteiger partial charge on any atom is -0.250 e. The lowest BCUT2D eigenvalue weighted by molar-refractivity contribution is -0.204. The molecule has 0 saturated heterocycles. The molecule has 0 saturated carbocycles. The third-order valence-corrected chi connectivity index (χ3v) is 2.93. The smallest absolute Gasteiger partial charge is 0.250 e. The number of hydrogen-bond donors (Lipinski definition) is 2. The fraction of sp³-hybridized carbons (Fsp3) is 0.143. The zero-order chi connectivity index (χ0) is 9.90. The van der Waals surface area contributed by atoms with Crippen LogP contribution in [0.5, 0.6) is 0 Å². The summed E-state index contributed by atoms with van der Waals surface area (Å²) in [4.78, 5) is 0. The van der Waals surface area contributed by atoms with Crippen molar-refractivity contribution in [3.05, 3.63) is 29.8 Å². The third kappa shape index (κ3) is 2.15. The number of aryl methyl sites for hydroxylation is 1. The topological polar surface area (TPSA) is 76.0 Å². The fourth-order valence-corrected chi connectivity index (χ4v) is 1.57. The van der Waals surface area contributed by atoms with Crippen LogP contribution in [0.15, 0.2) is 24.3 Å². The maximum atomic E-state index is 11.3. The molecule has 5 nitrogen and oxygen atoms in total. The highest BCUT2D eigenvalue weighted by Crippen LogP contribution is 2.44. The molecule has 6 heteroatoms. The molecule has 0 aliphatic rings. The lowest BCUT2D eigenvalue weighted by Crippen LogP contribution is -2.07. The minimum atomic E-state index is -3.94. The Balaban J connectivity index is 3.07. The molecule has 0 fully saturated rings. The lowest BCUT2D eigenvalue weighted by atomic mass is 10.2. The van der Waals surface area contributed by atoms with E-state index < -0.39 is 7.60 Å². The molecule has 0 heterocycles. The molecule has 13 heavy (non-hydrogen) atoms. The van der Waals surface area contributed by atoms with Gasteiger partial charge >= 0.3 is 7.60 Å². The van der Waals surface area contributed by atoms with Gasteiger partial charge in [0.15, 0.2) is 0 Å². The molecule has 2 N–H and O–H groups in total. The Morgan fingerprint density at radius 2 is 1.62 bits per heavy atom. The van der Waals surface area contributed by atoms with E-state index in [4.69, 9.17) is 10.5 Å². The Kier molecular flexibility index (Phi) is 3.19. The highest BCUT2D eigenvalue weighted by Gasteiger charge is 2.27. The first-order valence-corrected chi connectivity index (χ1v) is 5.00. The lowest BCUT2D eigenvalue weighted by Gasteiger charge is -2.09. The van der Waals surface area contributed by atoms with Gasteiger partial charge in [0.2, 0.25) is 0 Å². The van der Waals surface area contributed by atoms with Crippen molar-refractivity contribution in [1.29, 1.82) is 0 Å². The van der Waals surface area contributed by atoms with E-state index in [-0.39, 0.29) is 5.30 Å². The summed E-state index contributed by atoms with van der Waals surface area (Å²) in [6.45, 7) is 1.84. The highest BCUT2D eigenvalue weighted by molar-refractivity contribution is 7.61. The number of hydrogen-bond acceptors (Lipinski definition) is 5. The van der Waals surface area contributed by atoms with Crippen LogP contribution in [-0.4, -0.2) is 10.5 Å². The zero-order valence-corrected chi connectivity index (χ0v) is 7.77. The van der Waals surface area contributed by atoms with Crippen LogP contribution in [-0.2, 0) is 13.9 Å². The molecule has 0 spiro atoms. The number of benzene rings is 1. The average molecular weight is 204 g/mol. The minimum absolute atomic E-state index is 0.0862. The van der Waals surface area contributed by atoms with E-state index >= 15 is 0 Å². The van der Waals surface area contributed by atoms with E-state index in [9.17, 15) is 4.57 Å². The Morgan fingerprint density at radius 3 is 2.00 bits per heavy atom. The Morgan fingerprint density at radius 1 is 1.15 bits per heavy atom. The largest absolute Gasteiger partial charge is 0.414 e. The second-order valence-corrected chi connectivity index (χ2v) is 4.33. The molecule has 1 rings (SSSR count). The summed E-state index contributed by atoms with van der Waals surface area (Å²) in [6, 6.07) is 6.17. The van der Waals surface area contributed by atoms with Crippen molar-refractivity contribution in [2.45, 2.75) is 6.92 Å². The van der Waals surface area contributed by atoms with Gasteiger partial charge in [0.05, 0.1) is 5.30 Å². The Bertz CT molecular complexity index is 312. The van der Waals surface area contributed by atoms with Crippen molar-refractivity contribution in [2.75, 3.05) is 0 Å².